The summed E-state index contributed by atoms with van der Waals surface area (Å²) in [5.41, 5.74) is 0. The molecule has 1 aliphatic heterocycles. The van der Waals surface area contributed by atoms with E-state index in [-0.39, 0.29) is 17.9 Å². The predicted molar refractivity (Wildman–Crippen MR) is 67.2 cm³/mol. The number of hydrogen-bond donors (Lipinski definition) is 1. The fourth-order valence-corrected chi connectivity index (χ4v) is 5.33. The molecular formula is C12H23NO3S. The van der Waals surface area contributed by atoms with Crippen LogP contribution >= 0.6 is 0 Å². The molecule has 0 amide bonds. The Labute approximate surface area is 104 Å². The molecule has 1 saturated carbocycles. The van der Waals surface area contributed by atoms with Crippen LogP contribution in [0.2, 0.25) is 0 Å². The Balaban J connectivity index is 2.11. The molecule has 1 saturated heterocycles. The molecule has 1 N–H and O–H groups in total. The number of piperidine rings is 1. The Kier molecular flexibility index (Phi) is 4.44. The van der Waals surface area contributed by atoms with Gasteiger partial charge in [-0.2, -0.15) is 4.31 Å². The van der Waals surface area contributed by atoms with Crippen molar-refractivity contribution in [1.82, 2.24) is 4.31 Å². The maximum atomic E-state index is 12.5. The van der Waals surface area contributed by atoms with E-state index in [2.05, 4.69) is 0 Å². The van der Waals surface area contributed by atoms with Gasteiger partial charge >= 0.3 is 0 Å². The lowest BCUT2D eigenvalue weighted by molar-refractivity contribution is 0.153. The second-order valence-corrected chi connectivity index (χ2v) is 7.41. The van der Waals surface area contributed by atoms with Crippen molar-refractivity contribution in [3.63, 3.8) is 0 Å². The lowest BCUT2D eigenvalue weighted by atomic mass is 10.0. The first-order chi connectivity index (χ1) is 8.16. The zero-order valence-electron chi connectivity index (χ0n) is 10.3. The van der Waals surface area contributed by atoms with Crippen molar-refractivity contribution in [2.75, 3.05) is 13.2 Å². The molecule has 0 bridgehead atoms. The maximum absolute atomic E-state index is 12.5. The summed E-state index contributed by atoms with van der Waals surface area (Å²) in [6.45, 7) is 0.565. The number of hydrogen-bond acceptors (Lipinski definition) is 3. The zero-order valence-corrected chi connectivity index (χ0v) is 11.2. The summed E-state index contributed by atoms with van der Waals surface area (Å²) >= 11 is 0. The Morgan fingerprint density at radius 3 is 2.29 bits per heavy atom. The molecule has 4 nitrogen and oxygen atoms in total. The highest BCUT2D eigenvalue weighted by Crippen LogP contribution is 2.29. The molecule has 0 aromatic rings. The molecule has 2 aliphatic rings. The van der Waals surface area contributed by atoms with Crippen molar-refractivity contribution in [3.05, 3.63) is 0 Å². The van der Waals surface area contributed by atoms with Crippen molar-refractivity contribution in [1.29, 1.82) is 0 Å². The van der Waals surface area contributed by atoms with Crippen molar-refractivity contribution >= 4 is 10.0 Å². The lowest BCUT2D eigenvalue weighted by Gasteiger charge is -2.37. The standard InChI is InChI=1S/C12H23NO3S/c14-10-11-6-4-5-9-13(11)17(15,16)12-7-2-1-3-8-12/h11-12,14H,1-10H2. The summed E-state index contributed by atoms with van der Waals surface area (Å²) < 4.78 is 26.6. The van der Waals surface area contributed by atoms with E-state index in [9.17, 15) is 13.5 Å². The zero-order chi connectivity index (χ0) is 12.3. The van der Waals surface area contributed by atoms with E-state index in [1.54, 1.807) is 4.31 Å². The number of rotatable bonds is 3. The first kappa shape index (κ1) is 13.3. The summed E-state index contributed by atoms with van der Waals surface area (Å²) in [5, 5.41) is 9.13. The van der Waals surface area contributed by atoms with Gasteiger partial charge < -0.3 is 5.11 Å². The predicted octanol–water partition coefficient (Wildman–Crippen LogP) is 1.50. The first-order valence-electron chi connectivity index (χ1n) is 6.78. The fraction of sp³-hybridized carbons (Fsp3) is 1.00. The maximum Gasteiger partial charge on any atom is 0.217 e. The third-order valence-electron chi connectivity index (χ3n) is 4.08. The van der Waals surface area contributed by atoms with Gasteiger partial charge in [-0.1, -0.05) is 25.7 Å². The average Bonchev–Trinajstić information content (AvgIpc) is 2.39. The van der Waals surface area contributed by atoms with Crippen LogP contribution in [0.3, 0.4) is 0 Å². The second kappa shape index (κ2) is 5.67. The molecule has 17 heavy (non-hydrogen) atoms. The van der Waals surface area contributed by atoms with Crippen LogP contribution in [0.15, 0.2) is 0 Å². The third-order valence-corrected chi connectivity index (χ3v) is 6.53. The Morgan fingerprint density at radius 2 is 1.65 bits per heavy atom. The number of nitrogens with zero attached hydrogens (tertiary/aromatic N) is 1. The summed E-state index contributed by atoms with van der Waals surface area (Å²) in [6.07, 6.45) is 7.60. The van der Waals surface area contributed by atoms with Crippen LogP contribution in [0.5, 0.6) is 0 Å². The number of aliphatic hydroxyl groups is 1. The lowest BCUT2D eigenvalue weighted by Crippen LogP contribution is -2.49. The minimum atomic E-state index is -3.17. The molecule has 1 unspecified atom stereocenters. The van der Waals surface area contributed by atoms with Crippen LogP contribution in [0, 0.1) is 0 Å². The number of aliphatic hydroxyl groups excluding tert-OH is 1. The van der Waals surface area contributed by atoms with Gasteiger partial charge in [0.1, 0.15) is 0 Å². The van der Waals surface area contributed by atoms with Crippen LogP contribution in [-0.2, 0) is 10.0 Å². The van der Waals surface area contributed by atoms with Crippen LogP contribution in [0.4, 0.5) is 0 Å². The van der Waals surface area contributed by atoms with Crippen molar-refractivity contribution < 1.29 is 13.5 Å². The van der Waals surface area contributed by atoms with E-state index >= 15 is 0 Å². The number of sulfonamides is 1. The van der Waals surface area contributed by atoms with Crippen molar-refractivity contribution in [2.24, 2.45) is 0 Å². The van der Waals surface area contributed by atoms with Gasteiger partial charge in [0.05, 0.1) is 11.9 Å². The monoisotopic (exact) mass is 261 g/mol. The molecule has 0 spiro atoms. The van der Waals surface area contributed by atoms with Crippen LogP contribution in [-0.4, -0.2) is 42.3 Å². The summed E-state index contributed by atoms with van der Waals surface area (Å²) in [7, 11) is -3.17. The summed E-state index contributed by atoms with van der Waals surface area (Å²) in [6, 6.07) is -0.171. The molecule has 100 valence electrons. The molecule has 0 aromatic carbocycles. The highest BCUT2D eigenvalue weighted by atomic mass is 32.2. The largest absolute Gasteiger partial charge is 0.395 e. The second-order valence-electron chi connectivity index (χ2n) is 5.25. The summed E-state index contributed by atoms with van der Waals surface area (Å²) in [5.74, 6) is 0. The SMILES string of the molecule is O=S(=O)(C1CCCCC1)N1CCCCC1CO. The molecule has 2 rings (SSSR count). The molecule has 0 radical (unpaired) electrons. The van der Waals surface area contributed by atoms with Gasteiger partial charge in [-0.15, -0.1) is 0 Å². The van der Waals surface area contributed by atoms with Crippen molar-refractivity contribution in [2.45, 2.75) is 62.7 Å². The van der Waals surface area contributed by atoms with Gasteiger partial charge in [0.15, 0.2) is 0 Å². The van der Waals surface area contributed by atoms with E-state index in [0.717, 1.165) is 51.4 Å². The molecule has 0 aromatic heterocycles. The topological polar surface area (TPSA) is 57.6 Å². The Hall–Kier alpha value is -0.130. The molecule has 5 heteroatoms. The van der Waals surface area contributed by atoms with Crippen molar-refractivity contribution in [3.8, 4) is 0 Å². The van der Waals surface area contributed by atoms with E-state index < -0.39 is 10.0 Å². The smallest absolute Gasteiger partial charge is 0.217 e. The fourth-order valence-electron chi connectivity index (χ4n) is 3.05. The molecule has 1 atom stereocenters. The highest BCUT2D eigenvalue weighted by molar-refractivity contribution is 7.89. The summed E-state index contributed by atoms with van der Waals surface area (Å²) in [4.78, 5) is 0. The van der Waals surface area contributed by atoms with E-state index in [1.165, 1.54) is 0 Å². The molecule has 2 fully saturated rings. The Morgan fingerprint density at radius 1 is 1.00 bits per heavy atom. The van der Waals surface area contributed by atoms with Crippen LogP contribution in [0.25, 0.3) is 0 Å². The van der Waals surface area contributed by atoms with Gasteiger partial charge in [0.2, 0.25) is 10.0 Å². The Bertz CT molecular complexity index is 336. The van der Waals surface area contributed by atoms with Crippen LogP contribution in [0.1, 0.15) is 51.4 Å². The molecule has 1 heterocycles. The average molecular weight is 261 g/mol. The molecule has 1 aliphatic carbocycles. The van der Waals surface area contributed by atoms with Gasteiger partial charge in [-0.3, -0.25) is 0 Å². The normalized spacial score (nSPS) is 29.4. The van der Waals surface area contributed by atoms with Gasteiger partial charge in [-0.25, -0.2) is 8.42 Å². The molecular weight excluding hydrogens is 238 g/mol. The van der Waals surface area contributed by atoms with Crippen LogP contribution < -0.4 is 0 Å². The minimum Gasteiger partial charge on any atom is -0.395 e. The van der Waals surface area contributed by atoms with E-state index in [0.29, 0.717) is 6.54 Å². The van der Waals surface area contributed by atoms with E-state index in [1.807, 2.05) is 0 Å². The third kappa shape index (κ3) is 2.83. The van der Waals surface area contributed by atoms with E-state index in [4.69, 9.17) is 0 Å². The van der Waals surface area contributed by atoms with Gasteiger partial charge in [-0.05, 0) is 25.7 Å². The highest BCUT2D eigenvalue weighted by Gasteiger charge is 2.37. The van der Waals surface area contributed by atoms with Gasteiger partial charge in [0.25, 0.3) is 0 Å². The first-order valence-corrected chi connectivity index (χ1v) is 8.28. The minimum absolute atomic E-state index is 0.0358. The quantitative estimate of drug-likeness (QED) is 0.837. The van der Waals surface area contributed by atoms with Gasteiger partial charge in [0, 0.05) is 12.6 Å².